The van der Waals surface area contributed by atoms with E-state index in [0.717, 1.165) is 51.4 Å². The zero-order chi connectivity index (χ0) is 20.1. The van der Waals surface area contributed by atoms with Crippen molar-refractivity contribution < 1.29 is 31.8 Å². The molecule has 0 aromatic heterocycles. The van der Waals surface area contributed by atoms with Gasteiger partial charge in [0.2, 0.25) is 0 Å². The Labute approximate surface area is 157 Å². The fourth-order valence-corrected chi connectivity index (χ4v) is 3.55. The minimum atomic E-state index is -4.96. The molecule has 0 bridgehead atoms. The summed E-state index contributed by atoms with van der Waals surface area (Å²) in [6.45, 7) is 4.16. The first-order valence-electron chi connectivity index (χ1n) is 9.60. The lowest BCUT2D eigenvalue weighted by molar-refractivity contribution is -0.155. The van der Waals surface area contributed by atoms with Gasteiger partial charge >= 0.3 is 22.3 Å². The predicted octanol–water partition coefficient (Wildman–Crippen LogP) is 4.51. The molecule has 154 valence electrons. The number of hydrogen-bond donors (Lipinski definition) is 2. The molecule has 8 heteroatoms. The van der Waals surface area contributed by atoms with E-state index in [9.17, 15) is 23.1 Å². The first-order valence-corrected chi connectivity index (χ1v) is 11.0. The third kappa shape index (κ3) is 11.5. The van der Waals surface area contributed by atoms with Crippen LogP contribution in [0.5, 0.6) is 0 Å². The van der Waals surface area contributed by atoms with Crippen LogP contribution in [0, 0.1) is 5.41 Å². The SMILES string of the molecule is CCCCCCCC(CCCCCCC)(CC(=O)O)C(=O)OS(=O)(=O)O. The molecule has 0 aliphatic heterocycles. The highest BCUT2D eigenvalue weighted by Crippen LogP contribution is 2.37. The summed E-state index contributed by atoms with van der Waals surface area (Å²) in [4.78, 5) is 23.8. The van der Waals surface area contributed by atoms with Gasteiger partial charge in [-0.3, -0.25) is 14.1 Å². The smallest absolute Gasteiger partial charge is 0.448 e. The summed E-state index contributed by atoms with van der Waals surface area (Å²) >= 11 is 0. The lowest BCUT2D eigenvalue weighted by atomic mass is 9.75. The molecule has 0 saturated carbocycles. The highest BCUT2D eigenvalue weighted by molar-refractivity contribution is 7.81. The van der Waals surface area contributed by atoms with Crippen molar-refractivity contribution in [1.29, 1.82) is 0 Å². The Morgan fingerprint density at radius 1 is 0.846 bits per heavy atom. The van der Waals surface area contributed by atoms with E-state index >= 15 is 0 Å². The molecule has 0 aliphatic rings. The molecule has 0 spiro atoms. The molecule has 0 radical (unpaired) electrons. The minimum absolute atomic E-state index is 0.241. The topological polar surface area (TPSA) is 118 Å². The summed E-state index contributed by atoms with van der Waals surface area (Å²) in [5, 5.41) is 9.26. The molecule has 0 unspecified atom stereocenters. The van der Waals surface area contributed by atoms with E-state index < -0.39 is 34.2 Å². The van der Waals surface area contributed by atoms with Gasteiger partial charge in [-0.2, -0.15) is 8.42 Å². The summed E-state index contributed by atoms with van der Waals surface area (Å²) in [6.07, 6.45) is 9.06. The third-order valence-corrected chi connectivity index (χ3v) is 4.98. The van der Waals surface area contributed by atoms with Crippen LogP contribution < -0.4 is 0 Å². The van der Waals surface area contributed by atoms with Crippen molar-refractivity contribution in [2.75, 3.05) is 0 Å². The predicted molar refractivity (Wildman–Crippen MR) is 99.1 cm³/mol. The van der Waals surface area contributed by atoms with E-state index in [4.69, 9.17) is 4.55 Å². The lowest BCUT2D eigenvalue weighted by Gasteiger charge is -2.29. The Morgan fingerprint density at radius 3 is 1.62 bits per heavy atom. The van der Waals surface area contributed by atoms with Crippen molar-refractivity contribution in [3.05, 3.63) is 0 Å². The van der Waals surface area contributed by atoms with Crippen LogP contribution in [0.15, 0.2) is 0 Å². The van der Waals surface area contributed by atoms with Gasteiger partial charge in [0, 0.05) is 0 Å². The van der Waals surface area contributed by atoms with E-state index in [1.54, 1.807) is 0 Å². The highest BCUT2D eigenvalue weighted by Gasteiger charge is 2.43. The third-order valence-electron chi connectivity index (χ3n) is 4.62. The van der Waals surface area contributed by atoms with Gasteiger partial charge in [0.05, 0.1) is 11.8 Å². The van der Waals surface area contributed by atoms with Gasteiger partial charge in [0.25, 0.3) is 0 Å². The summed E-state index contributed by atoms with van der Waals surface area (Å²) in [5.74, 6) is -2.34. The molecule has 0 aliphatic carbocycles. The zero-order valence-electron chi connectivity index (χ0n) is 16.0. The molecule has 0 amide bonds. The second-order valence-electron chi connectivity index (χ2n) is 6.98. The van der Waals surface area contributed by atoms with E-state index in [2.05, 4.69) is 18.0 Å². The summed E-state index contributed by atoms with van der Waals surface area (Å²) in [5.41, 5.74) is -1.42. The Bertz CT molecular complexity index is 500. The number of carboxylic acids is 1. The Morgan fingerprint density at radius 2 is 1.27 bits per heavy atom. The van der Waals surface area contributed by atoms with E-state index in [1.165, 1.54) is 0 Å². The van der Waals surface area contributed by atoms with Gasteiger partial charge in [-0.1, -0.05) is 78.1 Å². The Hall–Kier alpha value is -1.15. The maximum absolute atomic E-state index is 12.4. The van der Waals surface area contributed by atoms with Gasteiger partial charge in [-0.15, -0.1) is 0 Å². The molecule has 0 aromatic carbocycles. The Kier molecular flexibility index (Phi) is 12.5. The highest BCUT2D eigenvalue weighted by atomic mass is 32.3. The molecule has 0 fully saturated rings. The quantitative estimate of drug-likeness (QED) is 0.292. The van der Waals surface area contributed by atoms with E-state index in [0.29, 0.717) is 12.8 Å². The molecule has 0 rings (SSSR count). The number of carbonyl (C=O) groups is 2. The van der Waals surface area contributed by atoms with Crippen molar-refractivity contribution >= 4 is 22.3 Å². The van der Waals surface area contributed by atoms with Gasteiger partial charge in [0.1, 0.15) is 0 Å². The standard InChI is InChI=1S/C18H34O7S/c1-3-5-7-9-11-13-18(15-16(19)20,14-12-10-8-6-4-2)17(21)25-26(22,23)24/h3-15H2,1-2H3,(H,19,20)(H,22,23,24). The minimum Gasteiger partial charge on any atom is -0.481 e. The van der Waals surface area contributed by atoms with Gasteiger partial charge < -0.3 is 9.29 Å². The van der Waals surface area contributed by atoms with E-state index in [1.807, 2.05) is 0 Å². The number of rotatable bonds is 16. The number of hydrogen-bond acceptors (Lipinski definition) is 5. The largest absolute Gasteiger partial charge is 0.481 e. The van der Waals surface area contributed by atoms with Crippen molar-refractivity contribution in [3.8, 4) is 0 Å². The molecular formula is C18H34O7S. The van der Waals surface area contributed by atoms with Crippen LogP contribution in [0.3, 0.4) is 0 Å². The maximum Gasteiger partial charge on any atom is 0.448 e. The molecule has 26 heavy (non-hydrogen) atoms. The van der Waals surface area contributed by atoms with Crippen LogP contribution >= 0.6 is 0 Å². The average Bonchev–Trinajstić information content (AvgIpc) is 2.52. The van der Waals surface area contributed by atoms with Crippen LogP contribution in [-0.4, -0.2) is 30.0 Å². The maximum atomic E-state index is 12.4. The van der Waals surface area contributed by atoms with Crippen LogP contribution in [-0.2, 0) is 24.2 Å². The van der Waals surface area contributed by atoms with Crippen LogP contribution in [0.2, 0.25) is 0 Å². The molecule has 2 N–H and O–H groups in total. The van der Waals surface area contributed by atoms with Crippen LogP contribution in [0.4, 0.5) is 0 Å². The summed E-state index contributed by atoms with van der Waals surface area (Å²) in [7, 11) is -4.96. The number of aliphatic carboxylic acids is 1. The first-order chi connectivity index (χ1) is 12.2. The van der Waals surface area contributed by atoms with E-state index in [-0.39, 0.29) is 12.8 Å². The molecular weight excluding hydrogens is 360 g/mol. The lowest BCUT2D eigenvalue weighted by Crippen LogP contribution is -2.37. The van der Waals surface area contributed by atoms with Gasteiger partial charge in [-0.05, 0) is 12.8 Å². The molecule has 0 heterocycles. The summed E-state index contributed by atoms with van der Waals surface area (Å²) < 4.78 is 35.0. The average molecular weight is 395 g/mol. The fourth-order valence-electron chi connectivity index (χ4n) is 3.19. The monoisotopic (exact) mass is 394 g/mol. The number of carbonyl (C=O) groups excluding carboxylic acids is 1. The number of carboxylic acid groups (broad SMARTS) is 1. The van der Waals surface area contributed by atoms with Gasteiger partial charge in [-0.25, -0.2) is 0 Å². The Balaban J connectivity index is 5.14. The normalized spacial score (nSPS) is 12.1. The first kappa shape index (κ1) is 24.8. The van der Waals surface area contributed by atoms with Crippen molar-refractivity contribution in [1.82, 2.24) is 0 Å². The number of unbranched alkanes of at least 4 members (excludes halogenated alkanes) is 8. The fraction of sp³-hybridized carbons (Fsp3) is 0.889. The molecule has 7 nitrogen and oxygen atoms in total. The van der Waals surface area contributed by atoms with Crippen molar-refractivity contribution in [2.24, 2.45) is 5.41 Å². The summed E-state index contributed by atoms with van der Waals surface area (Å²) in [6, 6.07) is 0. The molecule has 0 aromatic rings. The molecule has 0 atom stereocenters. The zero-order valence-corrected chi connectivity index (χ0v) is 16.9. The van der Waals surface area contributed by atoms with Crippen LogP contribution in [0.1, 0.15) is 97.3 Å². The molecule has 0 saturated heterocycles. The van der Waals surface area contributed by atoms with Crippen molar-refractivity contribution in [3.63, 3.8) is 0 Å². The second kappa shape index (κ2) is 13.1. The van der Waals surface area contributed by atoms with Crippen LogP contribution in [0.25, 0.3) is 0 Å². The van der Waals surface area contributed by atoms with Gasteiger partial charge in [0.15, 0.2) is 0 Å². The van der Waals surface area contributed by atoms with Crippen molar-refractivity contribution in [2.45, 2.75) is 97.3 Å². The second-order valence-corrected chi connectivity index (χ2v) is 8.00.